The fourth-order valence-corrected chi connectivity index (χ4v) is 1.91. The van der Waals surface area contributed by atoms with E-state index < -0.39 is 5.82 Å². The number of hydrogen-bond acceptors (Lipinski definition) is 2. The van der Waals surface area contributed by atoms with Gasteiger partial charge in [-0.25, -0.2) is 4.39 Å². The van der Waals surface area contributed by atoms with E-state index in [1.165, 1.54) is 0 Å². The zero-order valence-corrected chi connectivity index (χ0v) is 9.12. The molecule has 0 radical (unpaired) electrons. The lowest BCUT2D eigenvalue weighted by Gasteiger charge is -2.19. The Hall–Kier alpha value is -1.89. The van der Waals surface area contributed by atoms with Crippen molar-refractivity contribution in [1.29, 1.82) is 5.26 Å². The molecule has 82 valence electrons. The van der Waals surface area contributed by atoms with Crippen LogP contribution in [0.1, 0.15) is 35.3 Å². The van der Waals surface area contributed by atoms with Crippen molar-refractivity contribution >= 4 is 5.91 Å². The molecule has 2 rings (SSSR count). The lowest BCUT2D eigenvalue weighted by molar-refractivity contribution is 0.0727. The first kappa shape index (κ1) is 10.6. The van der Waals surface area contributed by atoms with Gasteiger partial charge in [0.1, 0.15) is 5.82 Å². The summed E-state index contributed by atoms with van der Waals surface area (Å²) in [5, 5.41) is 8.72. The third-order valence-corrected chi connectivity index (χ3v) is 2.74. The van der Waals surface area contributed by atoms with Gasteiger partial charge in [-0.05, 0) is 31.5 Å². The first-order valence-corrected chi connectivity index (χ1v) is 5.08. The maximum absolute atomic E-state index is 13.6. The smallest absolute Gasteiger partial charge is 0.257 e. The maximum atomic E-state index is 13.6. The Kier molecular flexibility index (Phi) is 2.39. The summed E-state index contributed by atoms with van der Waals surface area (Å²) in [6.45, 7) is 4.15. The van der Waals surface area contributed by atoms with Crippen molar-refractivity contribution < 1.29 is 9.18 Å². The van der Waals surface area contributed by atoms with Gasteiger partial charge in [-0.15, -0.1) is 0 Å². The number of carbonyl (C=O) groups excluding carboxylic acids is 1. The topological polar surface area (TPSA) is 44.1 Å². The molecule has 1 aromatic carbocycles. The van der Waals surface area contributed by atoms with Crippen LogP contribution >= 0.6 is 0 Å². The highest BCUT2D eigenvalue weighted by Crippen LogP contribution is 2.27. The SMILES string of the molecule is CC(C)N1Cc2cc(C#N)cc(F)c2C1=O. The van der Waals surface area contributed by atoms with Crippen LogP contribution in [0, 0.1) is 17.1 Å². The number of rotatable bonds is 1. The van der Waals surface area contributed by atoms with Crippen molar-refractivity contribution in [2.24, 2.45) is 0 Å². The van der Waals surface area contributed by atoms with E-state index in [-0.39, 0.29) is 23.1 Å². The second-order valence-corrected chi connectivity index (χ2v) is 4.13. The second-order valence-electron chi connectivity index (χ2n) is 4.13. The van der Waals surface area contributed by atoms with Gasteiger partial charge in [0, 0.05) is 12.6 Å². The van der Waals surface area contributed by atoms with Gasteiger partial charge in [0.2, 0.25) is 0 Å². The minimum atomic E-state index is -0.595. The van der Waals surface area contributed by atoms with E-state index in [1.54, 1.807) is 11.0 Å². The van der Waals surface area contributed by atoms with Crippen LogP contribution in [0.25, 0.3) is 0 Å². The summed E-state index contributed by atoms with van der Waals surface area (Å²) in [6, 6.07) is 4.61. The molecule has 1 aliphatic heterocycles. The van der Waals surface area contributed by atoms with Gasteiger partial charge >= 0.3 is 0 Å². The van der Waals surface area contributed by atoms with E-state index in [2.05, 4.69) is 0 Å². The lowest BCUT2D eigenvalue weighted by atomic mass is 10.1. The number of benzene rings is 1. The first-order valence-electron chi connectivity index (χ1n) is 5.08. The summed E-state index contributed by atoms with van der Waals surface area (Å²) >= 11 is 0. The molecule has 0 bridgehead atoms. The molecule has 1 amide bonds. The van der Waals surface area contributed by atoms with Gasteiger partial charge in [-0.1, -0.05) is 0 Å². The average Bonchev–Trinajstić information content (AvgIpc) is 2.56. The summed E-state index contributed by atoms with van der Waals surface area (Å²) in [5.74, 6) is -0.880. The number of fused-ring (bicyclic) bond motifs is 1. The summed E-state index contributed by atoms with van der Waals surface area (Å²) in [6.07, 6.45) is 0. The number of nitrogens with zero attached hydrogens (tertiary/aromatic N) is 2. The zero-order chi connectivity index (χ0) is 11.9. The Morgan fingerprint density at radius 3 is 2.75 bits per heavy atom. The largest absolute Gasteiger partial charge is 0.332 e. The molecule has 0 atom stereocenters. The highest BCUT2D eigenvalue weighted by atomic mass is 19.1. The Morgan fingerprint density at radius 2 is 2.19 bits per heavy atom. The summed E-state index contributed by atoms with van der Waals surface area (Å²) in [7, 11) is 0. The number of hydrogen-bond donors (Lipinski definition) is 0. The van der Waals surface area contributed by atoms with Crippen molar-refractivity contribution in [3.63, 3.8) is 0 Å². The third-order valence-electron chi connectivity index (χ3n) is 2.74. The molecular weight excluding hydrogens is 207 g/mol. The van der Waals surface area contributed by atoms with Crippen LogP contribution < -0.4 is 0 Å². The molecule has 1 aromatic rings. The van der Waals surface area contributed by atoms with Gasteiger partial charge in [0.25, 0.3) is 5.91 Å². The first-order chi connectivity index (χ1) is 7.54. The Labute approximate surface area is 93.1 Å². The van der Waals surface area contributed by atoms with Crippen LogP contribution in [-0.2, 0) is 6.54 Å². The average molecular weight is 218 g/mol. The van der Waals surface area contributed by atoms with Crippen LogP contribution in [0.2, 0.25) is 0 Å². The quantitative estimate of drug-likeness (QED) is 0.724. The van der Waals surface area contributed by atoms with Crippen molar-refractivity contribution in [2.45, 2.75) is 26.4 Å². The normalized spacial score (nSPS) is 14.2. The number of carbonyl (C=O) groups is 1. The van der Waals surface area contributed by atoms with E-state index in [1.807, 2.05) is 19.9 Å². The molecule has 0 aromatic heterocycles. The number of amides is 1. The minimum absolute atomic E-state index is 0.0323. The molecule has 0 N–H and O–H groups in total. The van der Waals surface area contributed by atoms with Crippen LogP contribution in [0.3, 0.4) is 0 Å². The van der Waals surface area contributed by atoms with E-state index in [0.717, 1.165) is 6.07 Å². The van der Waals surface area contributed by atoms with E-state index in [4.69, 9.17) is 5.26 Å². The molecular formula is C12H11FN2O. The minimum Gasteiger partial charge on any atom is -0.332 e. The molecule has 0 saturated heterocycles. The van der Waals surface area contributed by atoms with Crippen molar-refractivity contribution in [2.75, 3.05) is 0 Å². The summed E-state index contributed by atoms with van der Waals surface area (Å²) in [4.78, 5) is 13.5. The fraction of sp³-hybridized carbons (Fsp3) is 0.333. The van der Waals surface area contributed by atoms with Crippen molar-refractivity contribution in [3.8, 4) is 6.07 Å². The molecule has 0 spiro atoms. The van der Waals surface area contributed by atoms with Crippen LogP contribution in [0.15, 0.2) is 12.1 Å². The monoisotopic (exact) mass is 218 g/mol. The molecule has 0 unspecified atom stereocenters. The molecule has 1 aliphatic rings. The summed E-state index contributed by atoms with van der Waals surface area (Å²) in [5.41, 5.74) is 0.984. The zero-order valence-electron chi connectivity index (χ0n) is 9.12. The van der Waals surface area contributed by atoms with Gasteiger partial charge < -0.3 is 4.90 Å². The molecule has 4 heteroatoms. The van der Waals surface area contributed by atoms with Crippen molar-refractivity contribution in [1.82, 2.24) is 4.90 Å². The summed E-state index contributed by atoms with van der Waals surface area (Å²) < 4.78 is 13.6. The standard InChI is InChI=1S/C12H11FN2O/c1-7(2)15-6-9-3-8(5-14)4-10(13)11(9)12(15)16/h3-4,7H,6H2,1-2H3. The predicted octanol–water partition coefficient (Wildman–Crippen LogP) is 2.06. The van der Waals surface area contributed by atoms with E-state index in [9.17, 15) is 9.18 Å². The highest BCUT2D eigenvalue weighted by molar-refractivity contribution is 5.99. The predicted molar refractivity (Wildman–Crippen MR) is 56.1 cm³/mol. The van der Waals surface area contributed by atoms with Gasteiger partial charge in [0.15, 0.2) is 0 Å². The van der Waals surface area contributed by atoms with Crippen molar-refractivity contribution in [3.05, 3.63) is 34.6 Å². The Bertz CT molecular complexity index is 502. The molecule has 0 saturated carbocycles. The van der Waals surface area contributed by atoms with Crippen LogP contribution in [-0.4, -0.2) is 16.8 Å². The fourth-order valence-electron chi connectivity index (χ4n) is 1.91. The van der Waals surface area contributed by atoms with Gasteiger partial charge in [0.05, 0.1) is 17.2 Å². The molecule has 3 nitrogen and oxygen atoms in total. The molecule has 0 aliphatic carbocycles. The third kappa shape index (κ3) is 1.45. The second kappa shape index (κ2) is 3.60. The Balaban J connectivity index is 2.52. The number of halogens is 1. The molecule has 0 fully saturated rings. The maximum Gasteiger partial charge on any atom is 0.257 e. The lowest BCUT2D eigenvalue weighted by Crippen LogP contribution is -2.31. The van der Waals surface area contributed by atoms with E-state index in [0.29, 0.717) is 12.1 Å². The number of nitriles is 1. The van der Waals surface area contributed by atoms with Gasteiger partial charge in [-0.3, -0.25) is 4.79 Å². The molecule has 16 heavy (non-hydrogen) atoms. The van der Waals surface area contributed by atoms with Gasteiger partial charge in [-0.2, -0.15) is 5.26 Å². The molecule has 1 heterocycles. The Morgan fingerprint density at radius 1 is 1.50 bits per heavy atom. The van der Waals surface area contributed by atoms with Crippen LogP contribution in [0.4, 0.5) is 4.39 Å². The van der Waals surface area contributed by atoms with Crippen LogP contribution in [0.5, 0.6) is 0 Å². The van der Waals surface area contributed by atoms with E-state index >= 15 is 0 Å². The highest BCUT2D eigenvalue weighted by Gasteiger charge is 2.32.